The summed E-state index contributed by atoms with van der Waals surface area (Å²) in [4.78, 5) is 46.2. The molecule has 214 valence electrons. The van der Waals surface area contributed by atoms with E-state index in [0.29, 0.717) is 17.0 Å². The average molecular weight is 633 g/mol. The number of hydrogen-bond donors (Lipinski definition) is 5. The van der Waals surface area contributed by atoms with Gasteiger partial charge in [0, 0.05) is 6.54 Å². The molecule has 6 atom stereocenters. The first-order valence-electron chi connectivity index (χ1n) is 11.6. The predicted octanol–water partition coefficient (Wildman–Crippen LogP) is -0.0303. The van der Waals surface area contributed by atoms with E-state index in [9.17, 15) is 14.3 Å². The van der Waals surface area contributed by atoms with Crippen molar-refractivity contribution in [3.8, 4) is 0 Å². The van der Waals surface area contributed by atoms with Crippen LogP contribution < -0.4 is 17.0 Å². The zero-order valence-corrected chi connectivity index (χ0v) is 23.7. The summed E-state index contributed by atoms with van der Waals surface area (Å²) in [6, 6.07) is -1.01. The van der Waals surface area contributed by atoms with Crippen LogP contribution in [0.25, 0.3) is 22.3 Å². The van der Waals surface area contributed by atoms with Crippen molar-refractivity contribution in [1.82, 2.24) is 39.0 Å². The molecule has 22 heteroatoms. The molecule has 0 aliphatic carbocycles. The summed E-state index contributed by atoms with van der Waals surface area (Å²) in [6.45, 7) is -8.42. The molecule has 0 aromatic carbocycles. The highest BCUT2D eigenvalue weighted by molar-refractivity contribution is 8.44. The Morgan fingerprint density at radius 2 is 2.05 bits per heavy atom. The Kier molecular flexibility index (Phi) is 7.29. The van der Waals surface area contributed by atoms with Crippen molar-refractivity contribution in [3.05, 3.63) is 35.0 Å². The monoisotopic (exact) mass is 632 g/mol. The number of rotatable bonds is 1. The molecule has 6 N–H and O–H groups in total. The van der Waals surface area contributed by atoms with Gasteiger partial charge in [-0.3, -0.25) is 23.4 Å². The quantitative estimate of drug-likeness (QED) is 0.137. The van der Waals surface area contributed by atoms with E-state index >= 15 is 0 Å². The third-order valence-electron chi connectivity index (χ3n) is 6.20. The van der Waals surface area contributed by atoms with Gasteiger partial charge in [-0.05, 0) is 11.8 Å². The lowest BCUT2D eigenvalue weighted by molar-refractivity contribution is -0.0442. The van der Waals surface area contributed by atoms with E-state index in [1.165, 1.54) is 23.4 Å². The molecule has 2 unspecified atom stereocenters. The highest BCUT2D eigenvalue weighted by Crippen LogP contribution is 2.57. The summed E-state index contributed by atoms with van der Waals surface area (Å²) < 4.78 is 45.0. The molecule has 6 rings (SSSR count). The number of nitrogens with two attached hydrogens (primary N) is 2. The molecule has 6 heterocycles. The second-order valence-electron chi connectivity index (χ2n) is 8.74. The van der Waals surface area contributed by atoms with E-state index < -0.39 is 43.6 Å². The van der Waals surface area contributed by atoms with Crippen molar-refractivity contribution < 1.29 is 32.3 Å². The second kappa shape index (κ2) is 10.5. The van der Waals surface area contributed by atoms with Crippen molar-refractivity contribution in [2.24, 2.45) is 5.73 Å². The Hall–Kier alpha value is -2.35. The van der Waals surface area contributed by atoms with E-state index in [2.05, 4.69) is 42.2 Å². The van der Waals surface area contributed by atoms with Crippen LogP contribution in [0.1, 0.15) is 12.1 Å². The maximum atomic E-state index is 13.5. The molecule has 1 saturated heterocycles. The Morgan fingerprint density at radius 3 is 2.88 bits per heavy atom. The molecule has 4 aromatic heterocycles. The number of nitrogens with zero attached hydrogens (tertiary/aromatic N) is 7. The highest BCUT2D eigenvalue weighted by atomic mass is 32.7. The van der Waals surface area contributed by atoms with Gasteiger partial charge in [-0.25, -0.2) is 24.5 Å². The van der Waals surface area contributed by atoms with Crippen molar-refractivity contribution in [1.29, 1.82) is 0 Å². The normalized spacial score (nSPS) is 32.1. The minimum Gasteiger partial charge on any atom is -0.369 e. The van der Waals surface area contributed by atoms with Gasteiger partial charge in [0.25, 0.3) is 5.56 Å². The van der Waals surface area contributed by atoms with Crippen LogP contribution in [0.4, 0.5) is 5.95 Å². The molecule has 0 radical (unpaired) electrons. The summed E-state index contributed by atoms with van der Waals surface area (Å²) in [5, 5.41) is 0. The predicted molar refractivity (Wildman–Crippen MR) is 144 cm³/mol. The van der Waals surface area contributed by atoms with Gasteiger partial charge in [0.05, 0.1) is 31.8 Å². The van der Waals surface area contributed by atoms with Gasteiger partial charge in [0.15, 0.2) is 23.0 Å². The largest absolute Gasteiger partial charge is 0.387 e. The van der Waals surface area contributed by atoms with Crippen LogP contribution >= 0.6 is 25.8 Å². The van der Waals surface area contributed by atoms with Crippen LogP contribution in [0.2, 0.25) is 0 Å². The Balaban J connectivity index is 1.38. The van der Waals surface area contributed by atoms with E-state index in [1.54, 1.807) is 4.57 Å². The minimum absolute atomic E-state index is 0.0291. The van der Waals surface area contributed by atoms with E-state index in [4.69, 9.17) is 46.1 Å². The third-order valence-corrected chi connectivity index (χ3v) is 9.41. The number of H-pyrrole nitrogens is 1. The zero-order valence-electron chi connectivity index (χ0n) is 20.2. The number of aromatic nitrogens is 8. The third kappa shape index (κ3) is 5.33. The summed E-state index contributed by atoms with van der Waals surface area (Å²) in [6.07, 6.45) is 0.836. The first-order valence-corrected chi connectivity index (χ1v) is 16.9. The number of nitrogens with one attached hydrogen (secondary N) is 1. The number of nitrogen functional groups attached to an aromatic ring is 1. The number of fused-ring (bicyclic) bond motifs is 6. The zero-order chi connectivity index (χ0) is 28.2. The maximum absolute atomic E-state index is 13.5. The smallest absolute Gasteiger partial charge is 0.369 e. The number of anilines is 1. The molecule has 18 nitrogen and oxygen atoms in total. The summed E-state index contributed by atoms with van der Waals surface area (Å²) >= 11 is 9.32. The molecule has 4 aromatic rings. The van der Waals surface area contributed by atoms with Crippen molar-refractivity contribution in [2.75, 3.05) is 18.9 Å². The maximum Gasteiger partial charge on any atom is 0.387 e. The SMILES string of the molecule is Nc1nc2c(ncn2[C@@H]2O[C@@H]3COP(O)(=S)OCCn4c(nc5cncnc54)COP(=O)(S)O[C@@H]2[C@@H]3N)c(=O)[nH]1. The van der Waals surface area contributed by atoms with Crippen LogP contribution in [0, 0.1) is 0 Å². The van der Waals surface area contributed by atoms with Gasteiger partial charge < -0.3 is 34.7 Å². The van der Waals surface area contributed by atoms with Gasteiger partial charge in [0.2, 0.25) is 5.95 Å². The summed E-state index contributed by atoms with van der Waals surface area (Å²) in [5.74, 6) is 0.141. The van der Waals surface area contributed by atoms with E-state index in [-0.39, 0.29) is 43.5 Å². The molecule has 0 amide bonds. The van der Waals surface area contributed by atoms with Crippen molar-refractivity contribution in [3.63, 3.8) is 0 Å². The Labute approximate surface area is 234 Å². The number of thiol groups is 1. The fourth-order valence-electron chi connectivity index (χ4n) is 4.42. The lowest BCUT2D eigenvalue weighted by Gasteiger charge is -2.25. The van der Waals surface area contributed by atoms with Crippen LogP contribution in [0.3, 0.4) is 0 Å². The van der Waals surface area contributed by atoms with Gasteiger partial charge in [-0.15, -0.1) is 0 Å². The molecular formula is C18H22N10O8P2S2. The Bertz CT molecular complexity index is 1750. The van der Waals surface area contributed by atoms with Gasteiger partial charge in [-0.1, -0.05) is 12.2 Å². The van der Waals surface area contributed by atoms with Gasteiger partial charge in [0.1, 0.15) is 36.5 Å². The van der Waals surface area contributed by atoms with Crippen molar-refractivity contribution >= 4 is 65.8 Å². The second-order valence-corrected chi connectivity index (χ2v) is 14.5. The fraction of sp³-hybridized carbons (Fsp3) is 0.444. The molecular weight excluding hydrogens is 610 g/mol. The summed E-state index contributed by atoms with van der Waals surface area (Å²) in [5.41, 5.74) is 12.5. The van der Waals surface area contributed by atoms with Crippen LogP contribution in [0.5, 0.6) is 0 Å². The molecule has 40 heavy (non-hydrogen) atoms. The van der Waals surface area contributed by atoms with Crippen LogP contribution in [-0.2, 0) is 52.4 Å². The molecule has 0 spiro atoms. The number of ether oxygens (including phenoxy) is 1. The molecule has 2 aliphatic rings. The van der Waals surface area contributed by atoms with Gasteiger partial charge >= 0.3 is 13.5 Å². The average Bonchev–Trinajstić information content (AvgIpc) is 3.55. The Morgan fingerprint density at radius 1 is 1.23 bits per heavy atom. The van der Waals surface area contributed by atoms with Crippen molar-refractivity contribution in [2.45, 2.75) is 37.6 Å². The van der Waals surface area contributed by atoms with Crippen LogP contribution in [-0.4, -0.2) is 75.4 Å². The molecule has 0 saturated carbocycles. The van der Waals surface area contributed by atoms with Crippen LogP contribution in [0.15, 0.2) is 23.6 Å². The van der Waals surface area contributed by atoms with E-state index in [0.717, 1.165) is 0 Å². The van der Waals surface area contributed by atoms with E-state index in [1.807, 2.05) is 0 Å². The molecule has 2 aliphatic heterocycles. The number of aromatic amines is 1. The summed E-state index contributed by atoms with van der Waals surface area (Å²) in [7, 11) is 0. The molecule has 1 fully saturated rings. The van der Waals surface area contributed by atoms with Gasteiger partial charge in [-0.2, -0.15) is 4.98 Å². The lowest BCUT2D eigenvalue weighted by atomic mass is 10.1. The highest BCUT2D eigenvalue weighted by Gasteiger charge is 2.48. The number of imidazole rings is 2. The lowest BCUT2D eigenvalue weighted by Crippen LogP contribution is -2.42. The molecule has 2 bridgehead atoms. The first-order chi connectivity index (χ1) is 19.0. The topological polar surface area (TPSA) is 243 Å². The first kappa shape index (κ1) is 27.8. The fourth-order valence-corrected chi connectivity index (χ4v) is 6.94. The standard InChI is InChI=1S/C18H22N10O8P2S2/c19-11-9-4-33-37(30,39)32-2-1-27-10(24-8-3-21-6-22-14(8)27)5-34-38(31,40)36-13(11)17(35-9)28-7-23-12-15(28)25-18(20)26-16(12)29/h3,6-7,9,11,13,17H,1-2,4-5,19H2,(H,30,39)(H,31,40)(H3,20,25,26,29)/t9-,11-,13-,17-,37?,38?/m1/s1. The number of hydrogen-bond acceptors (Lipinski definition) is 15. The minimum atomic E-state index is -4.14.